The SMILES string of the molecule is Cc1cc(Oc2ccc(C(=O)O)c(N)c2)ccc1C(C)C. The minimum atomic E-state index is -1.05. The molecule has 0 heterocycles. The Hall–Kier alpha value is -2.49. The fraction of sp³-hybridized carbons (Fsp3) is 0.235. The molecule has 0 spiro atoms. The largest absolute Gasteiger partial charge is 0.478 e. The molecular formula is C17H19NO3. The summed E-state index contributed by atoms with van der Waals surface area (Å²) in [5.74, 6) is 0.647. The van der Waals surface area contributed by atoms with Crippen LogP contribution in [0, 0.1) is 6.92 Å². The number of aromatic carboxylic acids is 1. The maximum absolute atomic E-state index is 10.9. The number of nitrogens with two attached hydrogens (primary N) is 1. The molecule has 0 aliphatic heterocycles. The van der Waals surface area contributed by atoms with E-state index in [1.54, 1.807) is 6.07 Å². The van der Waals surface area contributed by atoms with E-state index >= 15 is 0 Å². The lowest BCUT2D eigenvalue weighted by molar-refractivity contribution is 0.0698. The third-order valence-electron chi connectivity index (χ3n) is 3.35. The molecule has 3 N–H and O–H groups in total. The normalized spacial score (nSPS) is 10.7. The summed E-state index contributed by atoms with van der Waals surface area (Å²) in [7, 11) is 0. The maximum atomic E-state index is 10.9. The van der Waals surface area contributed by atoms with E-state index in [-0.39, 0.29) is 11.3 Å². The van der Waals surface area contributed by atoms with Crippen molar-refractivity contribution < 1.29 is 14.6 Å². The Kier molecular flexibility index (Phi) is 4.17. The predicted molar refractivity (Wildman–Crippen MR) is 83.2 cm³/mol. The van der Waals surface area contributed by atoms with Crippen LogP contribution < -0.4 is 10.5 Å². The van der Waals surface area contributed by atoms with Gasteiger partial charge in [0.1, 0.15) is 11.5 Å². The van der Waals surface area contributed by atoms with Gasteiger partial charge in [-0.05, 0) is 48.2 Å². The van der Waals surface area contributed by atoms with Crippen LogP contribution in [-0.4, -0.2) is 11.1 Å². The van der Waals surface area contributed by atoms with E-state index in [2.05, 4.69) is 13.8 Å². The highest BCUT2D eigenvalue weighted by atomic mass is 16.5. The number of carboxylic acids is 1. The molecule has 0 atom stereocenters. The molecule has 0 bridgehead atoms. The molecule has 4 nitrogen and oxygen atoms in total. The molecule has 110 valence electrons. The molecule has 0 aliphatic rings. The van der Waals surface area contributed by atoms with Gasteiger partial charge in [-0.15, -0.1) is 0 Å². The van der Waals surface area contributed by atoms with Gasteiger partial charge in [0.25, 0.3) is 0 Å². The van der Waals surface area contributed by atoms with Crippen LogP contribution in [0.1, 0.15) is 41.3 Å². The zero-order valence-corrected chi connectivity index (χ0v) is 12.4. The van der Waals surface area contributed by atoms with Crippen LogP contribution in [0.25, 0.3) is 0 Å². The first-order valence-electron chi connectivity index (χ1n) is 6.79. The lowest BCUT2D eigenvalue weighted by Crippen LogP contribution is -2.02. The van der Waals surface area contributed by atoms with Crippen LogP contribution in [0.5, 0.6) is 11.5 Å². The van der Waals surface area contributed by atoms with Crippen molar-refractivity contribution in [2.75, 3.05) is 5.73 Å². The van der Waals surface area contributed by atoms with Gasteiger partial charge < -0.3 is 15.6 Å². The van der Waals surface area contributed by atoms with Crippen molar-refractivity contribution >= 4 is 11.7 Å². The molecule has 0 aromatic heterocycles. The van der Waals surface area contributed by atoms with Gasteiger partial charge in [0.05, 0.1) is 5.56 Å². The fourth-order valence-corrected chi connectivity index (χ4v) is 2.29. The fourth-order valence-electron chi connectivity index (χ4n) is 2.29. The van der Waals surface area contributed by atoms with Crippen LogP contribution in [0.4, 0.5) is 5.69 Å². The lowest BCUT2D eigenvalue weighted by atomic mass is 9.98. The predicted octanol–water partition coefficient (Wildman–Crippen LogP) is 4.19. The summed E-state index contributed by atoms with van der Waals surface area (Å²) in [4.78, 5) is 10.9. The van der Waals surface area contributed by atoms with Crippen molar-refractivity contribution in [2.45, 2.75) is 26.7 Å². The van der Waals surface area contributed by atoms with E-state index in [1.165, 1.54) is 17.7 Å². The standard InChI is InChI=1S/C17H19NO3/c1-10(2)14-6-4-12(8-11(14)3)21-13-5-7-15(17(19)20)16(18)9-13/h4-10H,18H2,1-3H3,(H,19,20). The highest BCUT2D eigenvalue weighted by Crippen LogP contribution is 2.28. The van der Waals surface area contributed by atoms with E-state index in [4.69, 9.17) is 15.6 Å². The van der Waals surface area contributed by atoms with Crippen LogP contribution in [0.15, 0.2) is 36.4 Å². The van der Waals surface area contributed by atoms with E-state index < -0.39 is 5.97 Å². The Labute approximate surface area is 124 Å². The summed E-state index contributed by atoms with van der Waals surface area (Å²) >= 11 is 0. The minimum absolute atomic E-state index is 0.0775. The second kappa shape index (κ2) is 5.87. The van der Waals surface area contributed by atoms with Gasteiger partial charge in [-0.1, -0.05) is 19.9 Å². The van der Waals surface area contributed by atoms with E-state index in [1.807, 2.05) is 25.1 Å². The van der Waals surface area contributed by atoms with Crippen molar-refractivity contribution in [2.24, 2.45) is 0 Å². The summed E-state index contributed by atoms with van der Waals surface area (Å²) < 4.78 is 5.74. The van der Waals surface area contributed by atoms with Gasteiger partial charge in [-0.3, -0.25) is 0 Å². The average molecular weight is 285 g/mol. The third kappa shape index (κ3) is 3.34. The number of benzene rings is 2. The number of aryl methyl sites for hydroxylation is 1. The lowest BCUT2D eigenvalue weighted by Gasteiger charge is -2.13. The number of carbonyl (C=O) groups is 1. The number of ether oxygens (including phenoxy) is 1. The molecule has 2 aromatic rings. The van der Waals surface area contributed by atoms with Gasteiger partial charge in [0.2, 0.25) is 0 Å². The van der Waals surface area contributed by atoms with Gasteiger partial charge in [0, 0.05) is 11.8 Å². The van der Waals surface area contributed by atoms with Gasteiger partial charge in [-0.25, -0.2) is 4.79 Å². The Balaban J connectivity index is 2.24. The monoisotopic (exact) mass is 285 g/mol. The van der Waals surface area contributed by atoms with Crippen molar-refractivity contribution in [3.8, 4) is 11.5 Å². The van der Waals surface area contributed by atoms with Crippen molar-refractivity contribution in [3.63, 3.8) is 0 Å². The highest BCUT2D eigenvalue weighted by Gasteiger charge is 2.10. The van der Waals surface area contributed by atoms with E-state index in [0.29, 0.717) is 17.4 Å². The first-order chi connectivity index (χ1) is 9.88. The zero-order valence-electron chi connectivity index (χ0n) is 12.4. The molecule has 0 radical (unpaired) electrons. The molecule has 0 saturated carbocycles. The summed E-state index contributed by atoms with van der Waals surface area (Å²) in [5, 5.41) is 8.94. The topological polar surface area (TPSA) is 72.5 Å². The first kappa shape index (κ1) is 14.9. The molecule has 2 rings (SSSR count). The number of anilines is 1. The Morgan fingerprint density at radius 3 is 2.29 bits per heavy atom. The molecule has 0 unspecified atom stereocenters. The minimum Gasteiger partial charge on any atom is -0.478 e. The van der Waals surface area contributed by atoms with Crippen molar-refractivity contribution in [1.29, 1.82) is 0 Å². The summed E-state index contributed by atoms with van der Waals surface area (Å²) in [5.41, 5.74) is 8.42. The number of hydrogen-bond donors (Lipinski definition) is 2. The van der Waals surface area contributed by atoms with Gasteiger partial charge in [0.15, 0.2) is 0 Å². The molecular weight excluding hydrogens is 266 g/mol. The quantitative estimate of drug-likeness (QED) is 0.826. The van der Waals surface area contributed by atoms with Crippen molar-refractivity contribution in [1.82, 2.24) is 0 Å². The Morgan fingerprint density at radius 1 is 1.14 bits per heavy atom. The molecule has 0 amide bonds. The molecule has 4 heteroatoms. The van der Waals surface area contributed by atoms with Crippen LogP contribution in [0.3, 0.4) is 0 Å². The number of hydrogen-bond acceptors (Lipinski definition) is 3. The second-order valence-electron chi connectivity index (χ2n) is 5.33. The average Bonchev–Trinajstić information content (AvgIpc) is 2.37. The smallest absolute Gasteiger partial charge is 0.337 e. The molecule has 2 aromatic carbocycles. The number of nitrogen functional groups attached to an aromatic ring is 1. The van der Waals surface area contributed by atoms with Crippen molar-refractivity contribution in [3.05, 3.63) is 53.1 Å². The summed E-state index contributed by atoms with van der Waals surface area (Å²) in [6.45, 7) is 6.34. The van der Waals surface area contributed by atoms with Crippen LogP contribution in [-0.2, 0) is 0 Å². The number of carboxylic acid groups (broad SMARTS) is 1. The van der Waals surface area contributed by atoms with E-state index in [9.17, 15) is 4.79 Å². The van der Waals surface area contributed by atoms with Gasteiger partial charge in [-0.2, -0.15) is 0 Å². The summed E-state index contributed by atoms with van der Waals surface area (Å²) in [6.07, 6.45) is 0. The molecule has 0 saturated heterocycles. The third-order valence-corrected chi connectivity index (χ3v) is 3.35. The van der Waals surface area contributed by atoms with Gasteiger partial charge >= 0.3 is 5.97 Å². The highest BCUT2D eigenvalue weighted by molar-refractivity contribution is 5.93. The maximum Gasteiger partial charge on any atom is 0.337 e. The molecule has 0 fully saturated rings. The van der Waals surface area contributed by atoms with Crippen LogP contribution >= 0.6 is 0 Å². The molecule has 21 heavy (non-hydrogen) atoms. The summed E-state index contributed by atoms with van der Waals surface area (Å²) in [6, 6.07) is 10.5. The first-order valence-corrected chi connectivity index (χ1v) is 6.79. The number of rotatable bonds is 4. The zero-order chi connectivity index (χ0) is 15.6. The Bertz CT molecular complexity index is 678. The van der Waals surface area contributed by atoms with Crippen LogP contribution in [0.2, 0.25) is 0 Å². The second-order valence-corrected chi connectivity index (χ2v) is 5.33. The van der Waals surface area contributed by atoms with E-state index in [0.717, 1.165) is 5.56 Å². The molecule has 0 aliphatic carbocycles. The Morgan fingerprint density at radius 2 is 1.76 bits per heavy atom.